The van der Waals surface area contributed by atoms with E-state index in [0.717, 1.165) is 6.42 Å². The molecule has 0 aromatic carbocycles. The van der Waals surface area contributed by atoms with Crippen LogP contribution in [0.4, 0.5) is 0 Å². The smallest absolute Gasteiger partial charge is 0.311 e. The van der Waals surface area contributed by atoms with Crippen molar-refractivity contribution in [1.29, 1.82) is 0 Å². The summed E-state index contributed by atoms with van der Waals surface area (Å²) in [5.74, 6) is -1.19. The summed E-state index contributed by atoms with van der Waals surface area (Å²) >= 11 is 0. The zero-order valence-corrected chi connectivity index (χ0v) is 12.2. The highest BCUT2D eigenvalue weighted by atomic mass is 16.4. The Hall–Kier alpha value is -1.10. The first-order valence-corrected chi connectivity index (χ1v) is 6.28. The van der Waals surface area contributed by atoms with E-state index in [9.17, 15) is 14.7 Å². The number of carboxylic acids is 1. The van der Waals surface area contributed by atoms with Crippen molar-refractivity contribution < 1.29 is 14.7 Å². The van der Waals surface area contributed by atoms with Gasteiger partial charge in [-0.05, 0) is 33.6 Å². The van der Waals surface area contributed by atoms with Crippen molar-refractivity contribution in [2.75, 3.05) is 0 Å². The van der Waals surface area contributed by atoms with E-state index in [4.69, 9.17) is 5.73 Å². The Kier molecular flexibility index (Phi) is 5.35. The Bertz CT molecular complexity index is 324. The number of hydrogen-bond donors (Lipinski definition) is 3. The summed E-state index contributed by atoms with van der Waals surface area (Å²) in [5, 5.41) is 11.9. The summed E-state index contributed by atoms with van der Waals surface area (Å²) in [6.07, 6.45) is 0.803. The number of nitrogens with two attached hydrogens (primary N) is 1. The molecular weight excluding hydrogens is 232 g/mol. The molecule has 106 valence electrons. The van der Waals surface area contributed by atoms with Crippen LogP contribution in [-0.4, -0.2) is 28.6 Å². The lowest BCUT2D eigenvalue weighted by atomic mass is 9.74. The molecule has 0 aliphatic carbocycles. The molecule has 4 N–H and O–H groups in total. The second kappa shape index (κ2) is 5.69. The first kappa shape index (κ1) is 16.9. The molecule has 1 unspecified atom stereocenters. The van der Waals surface area contributed by atoms with E-state index in [0.29, 0.717) is 0 Å². The minimum atomic E-state index is -1.07. The Labute approximate surface area is 109 Å². The Morgan fingerprint density at radius 3 is 2.06 bits per heavy atom. The van der Waals surface area contributed by atoms with Gasteiger partial charge in [-0.15, -0.1) is 0 Å². The van der Waals surface area contributed by atoms with Crippen molar-refractivity contribution in [3.8, 4) is 0 Å². The van der Waals surface area contributed by atoms with Gasteiger partial charge in [-0.1, -0.05) is 20.3 Å². The Morgan fingerprint density at radius 2 is 1.72 bits per heavy atom. The fourth-order valence-electron chi connectivity index (χ4n) is 1.33. The van der Waals surface area contributed by atoms with E-state index in [2.05, 4.69) is 5.32 Å². The lowest BCUT2D eigenvalue weighted by Gasteiger charge is -2.39. The van der Waals surface area contributed by atoms with E-state index >= 15 is 0 Å². The topological polar surface area (TPSA) is 92.4 Å². The number of nitrogens with one attached hydrogen (secondary N) is 1. The number of hydrogen-bond acceptors (Lipinski definition) is 3. The van der Waals surface area contributed by atoms with Crippen molar-refractivity contribution in [2.45, 2.75) is 59.5 Å². The zero-order valence-electron chi connectivity index (χ0n) is 12.2. The molecule has 2 atom stereocenters. The van der Waals surface area contributed by atoms with Gasteiger partial charge in [-0.3, -0.25) is 9.59 Å². The molecule has 0 fully saturated rings. The van der Waals surface area contributed by atoms with Gasteiger partial charge in [0, 0.05) is 0 Å². The largest absolute Gasteiger partial charge is 0.481 e. The van der Waals surface area contributed by atoms with E-state index in [1.807, 2.05) is 13.8 Å². The molecule has 18 heavy (non-hydrogen) atoms. The third-order valence-corrected chi connectivity index (χ3v) is 4.09. The van der Waals surface area contributed by atoms with Crippen LogP contribution < -0.4 is 11.1 Å². The number of aliphatic carboxylic acids is 1. The van der Waals surface area contributed by atoms with Gasteiger partial charge in [0.05, 0.1) is 17.0 Å². The second-order valence-corrected chi connectivity index (χ2v) is 5.96. The van der Waals surface area contributed by atoms with Crippen LogP contribution in [0.15, 0.2) is 0 Å². The normalized spacial score (nSPS) is 15.9. The van der Waals surface area contributed by atoms with Crippen molar-refractivity contribution in [3.05, 3.63) is 0 Å². The molecule has 1 amide bonds. The third-order valence-electron chi connectivity index (χ3n) is 4.09. The van der Waals surface area contributed by atoms with Gasteiger partial charge in [0.15, 0.2) is 0 Å². The molecule has 0 saturated carbocycles. The number of rotatable bonds is 6. The summed E-state index contributed by atoms with van der Waals surface area (Å²) < 4.78 is 0. The fraction of sp³-hybridized carbons (Fsp3) is 0.846. The van der Waals surface area contributed by atoms with Crippen LogP contribution in [-0.2, 0) is 9.59 Å². The molecule has 0 saturated heterocycles. The highest BCUT2D eigenvalue weighted by Crippen LogP contribution is 2.30. The molecule has 0 aromatic heterocycles. The first-order valence-electron chi connectivity index (χ1n) is 6.28. The minimum Gasteiger partial charge on any atom is -0.481 e. The summed E-state index contributed by atoms with van der Waals surface area (Å²) in [5.41, 5.74) is 3.89. The summed E-state index contributed by atoms with van der Waals surface area (Å²) in [7, 11) is 0. The minimum absolute atomic E-state index is 0.0636. The van der Waals surface area contributed by atoms with Crippen LogP contribution in [0.3, 0.4) is 0 Å². The fourth-order valence-corrected chi connectivity index (χ4v) is 1.33. The molecule has 5 heteroatoms. The van der Waals surface area contributed by atoms with E-state index in [1.165, 1.54) is 0 Å². The van der Waals surface area contributed by atoms with Crippen LogP contribution in [0.1, 0.15) is 48.0 Å². The summed E-state index contributed by atoms with van der Waals surface area (Å²) in [4.78, 5) is 23.2. The van der Waals surface area contributed by atoms with Crippen molar-refractivity contribution >= 4 is 11.9 Å². The maximum Gasteiger partial charge on any atom is 0.311 e. The molecule has 0 heterocycles. The number of amides is 1. The summed E-state index contributed by atoms with van der Waals surface area (Å²) in [6.45, 7) is 10.4. The van der Waals surface area contributed by atoms with Crippen molar-refractivity contribution in [3.63, 3.8) is 0 Å². The number of carboxylic acid groups (broad SMARTS) is 1. The van der Waals surface area contributed by atoms with Gasteiger partial charge in [-0.2, -0.15) is 0 Å². The highest BCUT2D eigenvalue weighted by Gasteiger charge is 2.45. The summed E-state index contributed by atoms with van der Waals surface area (Å²) in [6, 6.07) is -0.612. The molecule has 0 aliphatic rings. The molecule has 5 nitrogen and oxygen atoms in total. The van der Waals surface area contributed by atoms with Gasteiger partial charge < -0.3 is 16.2 Å². The van der Waals surface area contributed by atoms with Gasteiger partial charge >= 0.3 is 5.97 Å². The Balaban J connectivity index is 4.89. The van der Waals surface area contributed by atoms with E-state index < -0.39 is 23.0 Å². The highest BCUT2D eigenvalue weighted by molar-refractivity contribution is 5.84. The number of carbonyl (C=O) groups is 2. The van der Waals surface area contributed by atoms with Crippen LogP contribution in [0.5, 0.6) is 0 Å². The monoisotopic (exact) mass is 258 g/mol. The molecule has 0 bridgehead atoms. The van der Waals surface area contributed by atoms with E-state index in [-0.39, 0.29) is 11.8 Å². The van der Waals surface area contributed by atoms with Gasteiger partial charge in [0.1, 0.15) is 0 Å². The molecule has 0 rings (SSSR count). The van der Waals surface area contributed by atoms with E-state index in [1.54, 1.807) is 27.7 Å². The van der Waals surface area contributed by atoms with Crippen molar-refractivity contribution in [1.82, 2.24) is 5.32 Å². The SMILES string of the molecule is CCC(C)[C@H](N)C(=O)NC(C)(C)C(C)(C)C(=O)O. The first-order chi connectivity index (χ1) is 7.97. The van der Waals surface area contributed by atoms with Gasteiger partial charge in [-0.25, -0.2) is 0 Å². The maximum absolute atomic E-state index is 12.0. The van der Waals surface area contributed by atoms with Crippen LogP contribution >= 0.6 is 0 Å². The molecule has 0 aromatic rings. The standard InChI is InChI=1S/C13H26N2O3/c1-7-8(2)9(14)10(16)15-13(5,6)12(3,4)11(17)18/h8-9H,7,14H2,1-6H3,(H,15,16)(H,17,18)/t8?,9-/m0/s1. The average molecular weight is 258 g/mol. The molecule has 0 radical (unpaired) electrons. The maximum atomic E-state index is 12.0. The predicted molar refractivity (Wildman–Crippen MR) is 71.1 cm³/mol. The lowest BCUT2D eigenvalue weighted by molar-refractivity contribution is -0.152. The Morgan fingerprint density at radius 1 is 1.28 bits per heavy atom. The lowest BCUT2D eigenvalue weighted by Crippen LogP contribution is -2.60. The predicted octanol–water partition coefficient (Wildman–Crippen LogP) is 1.37. The third kappa shape index (κ3) is 3.45. The van der Waals surface area contributed by atoms with Crippen molar-refractivity contribution in [2.24, 2.45) is 17.1 Å². The number of carbonyl (C=O) groups excluding carboxylic acids is 1. The van der Waals surface area contributed by atoms with Gasteiger partial charge in [0.25, 0.3) is 0 Å². The van der Waals surface area contributed by atoms with Crippen LogP contribution in [0, 0.1) is 11.3 Å². The molecular formula is C13H26N2O3. The van der Waals surface area contributed by atoms with Crippen LogP contribution in [0.2, 0.25) is 0 Å². The van der Waals surface area contributed by atoms with Crippen LogP contribution in [0.25, 0.3) is 0 Å². The average Bonchev–Trinajstić information content (AvgIpc) is 2.25. The second-order valence-electron chi connectivity index (χ2n) is 5.96. The van der Waals surface area contributed by atoms with Gasteiger partial charge in [0.2, 0.25) is 5.91 Å². The zero-order chi connectivity index (χ0) is 14.7. The molecule has 0 spiro atoms. The molecule has 0 aliphatic heterocycles. The quantitative estimate of drug-likeness (QED) is 0.671.